The number of ether oxygens (including phenoxy) is 1. The fraction of sp³-hybridized carbons (Fsp3) is 0.333. The number of hydrogen-bond acceptors (Lipinski definition) is 5. The maximum atomic E-state index is 9.76. The molecule has 1 aliphatic heterocycles. The van der Waals surface area contributed by atoms with Gasteiger partial charge >= 0.3 is 0 Å². The van der Waals surface area contributed by atoms with Crippen molar-refractivity contribution < 1.29 is 9.84 Å². The Morgan fingerprint density at radius 1 is 0.938 bits per heavy atom. The Labute approximate surface area is 195 Å². The van der Waals surface area contributed by atoms with Crippen molar-refractivity contribution >= 4 is 11.8 Å². The molecule has 5 heteroatoms. The van der Waals surface area contributed by atoms with Gasteiger partial charge in [-0.05, 0) is 23.6 Å². The van der Waals surface area contributed by atoms with Crippen LogP contribution in [0.2, 0.25) is 0 Å². The second-order valence-corrected chi connectivity index (χ2v) is 9.65. The Balaban J connectivity index is 1.72. The Morgan fingerprint density at radius 3 is 1.72 bits per heavy atom. The summed E-state index contributed by atoms with van der Waals surface area (Å²) in [7, 11) is 0. The van der Waals surface area contributed by atoms with Gasteiger partial charge in [-0.3, -0.25) is 5.32 Å². The molecule has 0 aliphatic carbocycles. The molecule has 0 amide bonds. The van der Waals surface area contributed by atoms with Crippen LogP contribution in [0.3, 0.4) is 0 Å². The molecule has 0 spiro atoms. The summed E-state index contributed by atoms with van der Waals surface area (Å²) < 4.78 is 5.55. The highest BCUT2D eigenvalue weighted by molar-refractivity contribution is 8.00. The number of rotatable bonds is 10. The summed E-state index contributed by atoms with van der Waals surface area (Å²) in [5, 5.41) is 13.1. The van der Waals surface area contributed by atoms with Crippen molar-refractivity contribution in [2.45, 2.75) is 36.0 Å². The maximum absolute atomic E-state index is 9.76. The molecular weight excluding hydrogens is 416 g/mol. The number of nitrogens with two attached hydrogens (primary N) is 1. The predicted octanol–water partition coefficient (Wildman–Crippen LogP) is 4.13. The van der Waals surface area contributed by atoms with E-state index in [1.54, 1.807) is 6.92 Å². The van der Waals surface area contributed by atoms with Crippen LogP contribution in [0, 0.1) is 0 Å². The molecule has 1 fully saturated rings. The molecule has 4 nitrogen and oxygen atoms in total. The first kappa shape index (κ1) is 23.0. The number of hydrogen-bond donors (Lipinski definition) is 3. The van der Waals surface area contributed by atoms with Crippen molar-refractivity contribution in [1.29, 1.82) is 0 Å². The molecule has 4 rings (SSSR count). The molecule has 4 N–H and O–H groups in total. The third-order valence-electron chi connectivity index (χ3n) is 6.15. The van der Waals surface area contributed by atoms with E-state index in [2.05, 4.69) is 96.3 Å². The highest BCUT2D eigenvalue weighted by Crippen LogP contribution is 2.49. The highest BCUT2D eigenvalue weighted by Gasteiger charge is 2.46. The van der Waals surface area contributed by atoms with E-state index in [1.807, 2.05) is 11.8 Å². The van der Waals surface area contributed by atoms with Gasteiger partial charge in [0.15, 0.2) is 0 Å². The minimum Gasteiger partial charge on any atom is -0.392 e. The summed E-state index contributed by atoms with van der Waals surface area (Å²) >= 11 is 1.84. The van der Waals surface area contributed by atoms with Crippen LogP contribution in [-0.2, 0) is 9.48 Å². The smallest absolute Gasteiger partial charge is 0.137 e. The monoisotopic (exact) mass is 448 g/mol. The van der Waals surface area contributed by atoms with Crippen LogP contribution in [0.25, 0.3) is 0 Å². The molecule has 1 aliphatic rings. The summed E-state index contributed by atoms with van der Waals surface area (Å²) in [6.07, 6.45) is 0.393. The van der Waals surface area contributed by atoms with Crippen LogP contribution in [0.15, 0.2) is 91.0 Å². The average Bonchev–Trinajstić information content (AvgIpc) is 2.81. The minimum atomic E-state index is -0.584. The van der Waals surface area contributed by atoms with Crippen LogP contribution in [0.5, 0.6) is 0 Å². The third-order valence-corrected chi connectivity index (χ3v) is 7.81. The van der Waals surface area contributed by atoms with Gasteiger partial charge < -0.3 is 15.6 Å². The van der Waals surface area contributed by atoms with Crippen molar-refractivity contribution in [3.63, 3.8) is 0 Å². The van der Waals surface area contributed by atoms with E-state index in [-0.39, 0.29) is 6.04 Å². The van der Waals surface area contributed by atoms with Crippen LogP contribution in [0.1, 0.15) is 30.0 Å². The van der Waals surface area contributed by atoms with E-state index in [1.165, 1.54) is 16.7 Å². The first-order valence-corrected chi connectivity index (χ1v) is 12.2. The zero-order valence-corrected chi connectivity index (χ0v) is 19.3. The number of benzene rings is 3. The van der Waals surface area contributed by atoms with Crippen LogP contribution in [-0.4, -0.2) is 41.9 Å². The zero-order valence-electron chi connectivity index (χ0n) is 18.5. The molecule has 0 aromatic heterocycles. The first-order valence-electron chi connectivity index (χ1n) is 11.2. The van der Waals surface area contributed by atoms with E-state index in [4.69, 9.17) is 10.5 Å². The maximum Gasteiger partial charge on any atom is 0.137 e. The van der Waals surface area contributed by atoms with E-state index in [0.29, 0.717) is 18.9 Å². The van der Waals surface area contributed by atoms with Crippen LogP contribution in [0.4, 0.5) is 0 Å². The largest absolute Gasteiger partial charge is 0.392 e. The summed E-state index contributed by atoms with van der Waals surface area (Å²) in [6, 6.07) is 31.7. The SMILES string of the molecule is C[C@H](O)CNC1([C@@H](N)CSC(c2ccccc2)(c2ccccc2)c2ccccc2)CCO1. The normalized spacial score (nSPS) is 20.3. The van der Waals surface area contributed by atoms with Crippen molar-refractivity contribution in [1.82, 2.24) is 5.32 Å². The average molecular weight is 449 g/mol. The number of nitrogens with one attached hydrogen (secondary N) is 1. The lowest BCUT2D eigenvalue weighted by Crippen LogP contribution is -2.67. The molecule has 168 valence electrons. The van der Waals surface area contributed by atoms with E-state index < -0.39 is 16.6 Å². The lowest BCUT2D eigenvalue weighted by molar-refractivity contribution is -0.180. The Morgan fingerprint density at radius 2 is 1.38 bits per heavy atom. The zero-order chi connectivity index (χ0) is 22.4. The molecule has 0 saturated carbocycles. The quantitative estimate of drug-likeness (QED) is 0.407. The summed E-state index contributed by atoms with van der Waals surface area (Å²) in [6.45, 7) is 2.91. The Kier molecular flexibility index (Phi) is 7.33. The van der Waals surface area contributed by atoms with Gasteiger partial charge in [-0.2, -0.15) is 0 Å². The van der Waals surface area contributed by atoms with Crippen molar-refractivity contribution in [3.05, 3.63) is 108 Å². The van der Waals surface area contributed by atoms with E-state index >= 15 is 0 Å². The molecule has 1 saturated heterocycles. The Bertz CT molecular complexity index is 866. The molecular formula is C27H32N2O2S. The number of aliphatic hydroxyl groups is 1. The summed E-state index contributed by atoms with van der Waals surface area (Å²) in [5.41, 5.74) is 9.82. The van der Waals surface area contributed by atoms with Gasteiger partial charge in [-0.1, -0.05) is 91.0 Å². The van der Waals surface area contributed by atoms with Gasteiger partial charge in [0, 0.05) is 18.7 Å². The van der Waals surface area contributed by atoms with Gasteiger partial charge in [0.2, 0.25) is 0 Å². The molecule has 1 unspecified atom stereocenters. The molecule has 32 heavy (non-hydrogen) atoms. The van der Waals surface area contributed by atoms with Crippen molar-refractivity contribution in [2.75, 3.05) is 18.9 Å². The lowest BCUT2D eigenvalue weighted by atomic mass is 9.84. The predicted molar refractivity (Wildman–Crippen MR) is 133 cm³/mol. The van der Waals surface area contributed by atoms with Gasteiger partial charge in [-0.15, -0.1) is 11.8 Å². The van der Waals surface area contributed by atoms with Gasteiger partial charge in [0.1, 0.15) is 5.72 Å². The first-order chi connectivity index (χ1) is 15.6. The Hall–Kier alpha value is -2.15. The fourth-order valence-corrected chi connectivity index (χ4v) is 5.93. The summed E-state index contributed by atoms with van der Waals surface area (Å²) in [4.78, 5) is 0. The highest BCUT2D eigenvalue weighted by atomic mass is 32.2. The minimum absolute atomic E-state index is 0.226. The fourth-order valence-electron chi connectivity index (χ4n) is 4.32. The van der Waals surface area contributed by atoms with Crippen LogP contribution < -0.4 is 11.1 Å². The molecule has 3 aromatic carbocycles. The number of thioether (sulfide) groups is 1. The van der Waals surface area contributed by atoms with E-state index in [9.17, 15) is 5.11 Å². The van der Waals surface area contributed by atoms with Gasteiger partial charge in [-0.25, -0.2) is 0 Å². The van der Waals surface area contributed by atoms with Gasteiger partial charge in [0.25, 0.3) is 0 Å². The van der Waals surface area contributed by atoms with E-state index in [0.717, 1.165) is 6.42 Å². The topological polar surface area (TPSA) is 67.5 Å². The molecule has 0 radical (unpaired) electrons. The van der Waals surface area contributed by atoms with Gasteiger partial charge in [0.05, 0.1) is 23.5 Å². The standard InChI is InChI=1S/C27H32N2O2S/c1-21(30)19-29-26(17-18-31-26)25(28)20-32-27(22-11-5-2-6-12-22,23-13-7-3-8-14-23)24-15-9-4-10-16-24/h2-16,21,25,29-30H,17-20,28H2,1H3/t21-,25-,26?/m0/s1. The second kappa shape index (κ2) is 10.2. The second-order valence-electron chi connectivity index (χ2n) is 8.41. The van der Waals surface area contributed by atoms with Crippen molar-refractivity contribution in [3.8, 4) is 0 Å². The molecule has 0 bridgehead atoms. The third kappa shape index (κ3) is 4.63. The molecule has 1 heterocycles. The summed E-state index contributed by atoms with van der Waals surface area (Å²) in [5.74, 6) is 0.686. The molecule has 3 aromatic rings. The molecule has 3 atom stereocenters. The number of aliphatic hydroxyl groups excluding tert-OH is 1. The van der Waals surface area contributed by atoms with Crippen LogP contribution >= 0.6 is 11.8 Å². The van der Waals surface area contributed by atoms with Crippen molar-refractivity contribution in [2.24, 2.45) is 5.73 Å². The lowest BCUT2D eigenvalue weighted by Gasteiger charge is -2.48.